The van der Waals surface area contributed by atoms with Gasteiger partial charge in [0.25, 0.3) is 0 Å². The summed E-state index contributed by atoms with van der Waals surface area (Å²) in [6.45, 7) is 9.65. The van der Waals surface area contributed by atoms with Gasteiger partial charge in [-0.2, -0.15) is 0 Å². The molecule has 0 saturated carbocycles. The first-order valence-electron chi connectivity index (χ1n) is 10.9. The van der Waals surface area contributed by atoms with Crippen LogP contribution in [0, 0.1) is 5.92 Å². The average molecular weight is 411 g/mol. The minimum absolute atomic E-state index is 0.354. The summed E-state index contributed by atoms with van der Waals surface area (Å²) in [6, 6.07) is 16.4. The van der Waals surface area contributed by atoms with Gasteiger partial charge < -0.3 is 14.2 Å². The number of carbonyl (C=O) groups excluding carboxylic acids is 1. The van der Waals surface area contributed by atoms with Crippen molar-refractivity contribution in [2.45, 2.75) is 46.0 Å². The number of carbonyl (C=O) groups is 1. The normalized spacial score (nSPS) is 11.5. The SMILES string of the molecule is C=CC(=O)OCCCCCCOc1ccc(-c2ccc(OCC(C)CC)cc2)cc1. The molecule has 2 aromatic rings. The summed E-state index contributed by atoms with van der Waals surface area (Å²) in [5.41, 5.74) is 2.32. The first-order valence-corrected chi connectivity index (χ1v) is 10.9. The summed E-state index contributed by atoms with van der Waals surface area (Å²) >= 11 is 0. The van der Waals surface area contributed by atoms with Crippen LogP contribution in [0.25, 0.3) is 11.1 Å². The lowest BCUT2D eigenvalue weighted by Crippen LogP contribution is -2.06. The molecule has 1 atom stereocenters. The Hall–Kier alpha value is -2.75. The number of esters is 1. The average Bonchev–Trinajstić information content (AvgIpc) is 2.79. The van der Waals surface area contributed by atoms with Crippen LogP contribution < -0.4 is 9.47 Å². The zero-order chi connectivity index (χ0) is 21.6. The molecular formula is C26H34O4. The number of hydrogen-bond acceptors (Lipinski definition) is 4. The second kappa shape index (κ2) is 13.5. The number of hydrogen-bond donors (Lipinski definition) is 0. The first-order chi connectivity index (χ1) is 14.6. The van der Waals surface area contributed by atoms with Gasteiger partial charge >= 0.3 is 5.97 Å². The molecule has 0 fully saturated rings. The van der Waals surface area contributed by atoms with Crippen LogP contribution in [0.15, 0.2) is 61.2 Å². The molecular weight excluding hydrogens is 376 g/mol. The Morgan fingerprint density at radius 3 is 1.93 bits per heavy atom. The second-order valence-corrected chi connectivity index (χ2v) is 7.51. The van der Waals surface area contributed by atoms with E-state index in [4.69, 9.17) is 14.2 Å². The monoisotopic (exact) mass is 410 g/mol. The molecule has 0 bridgehead atoms. The fourth-order valence-electron chi connectivity index (χ4n) is 2.82. The van der Waals surface area contributed by atoms with Crippen LogP contribution in [0.4, 0.5) is 0 Å². The van der Waals surface area contributed by atoms with Crippen LogP contribution in [0.2, 0.25) is 0 Å². The first kappa shape index (κ1) is 23.5. The van der Waals surface area contributed by atoms with E-state index in [9.17, 15) is 4.79 Å². The van der Waals surface area contributed by atoms with Crippen molar-refractivity contribution in [1.29, 1.82) is 0 Å². The molecule has 30 heavy (non-hydrogen) atoms. The van der Waals surface area contributed by atoms with E-state index in [0.717, 1.165) is 61.3 Å². The summed E-state index contributed by atoms with van der Waals surface area (Å²) < 4.78 is 16.6. The van der Waals surface area contributed by atoms with E-state index in [1.165, 1.54) is 6.08 Å². The Kier molecular flexibility index (Phi) is 10.6. The lowest BCUT2D eigenvalue weighted by Gasteiger charge is -2.11. The van der Waals surface area contributed by atoms with E-state index >= 15 is 0 Å². The van der Waals surface area contributed by atoms with Crippen LogP contribution >= 0.6 is 0 Å². The molecule has 0 radical (unpaired) electrons. The highest BCUT2D eigenvalue weighted by atomic mass is 16.5. The van der Waals surface area contributed by atoms with Crippen LogP contribution in [0.3, 0.4) is 0 Å². The third-order valence-electron chi connectivity index (χ3n) is 4.99. The zero-order valence-corrected chi connectivity index (χ0v) is 18.3. The molecule has 162 valence electrons. The molecule has 0 aromatic heterocycles. The van der Waals surface area contributed by atoms with Gasteiger partial charge in [-0.25, -0.2) is 4.79 Å². The molecule has 4 nitrogen and oxygen atoms in total. The summed E-state index contributed by atoms with van der Waals surface area (Å²) in [7, 11) is 0. The van der Waals surface area contributed by atoms with Crippen LogP contribution in [0.1, 0.15) is 46.0 Å². The molecule has 0 aliphatic carbocycles. The van der Waals surface area contributed by atoms with Crippen LogP contribution in [0.5, 0.6) is 11.5 Å². The lowest BCUT2D eigenvalue weighted by atomic mass is 10.1. The van der Waals surface area contributed by atoms with Crippen molar-refractivity contribution in [3.8, 4) is 22.6 Å². The van der Waals surface area contributed by atoms with Gasteiger partial charge in [0.15, 0.2) is 0 Å². The van der Waals surface area contributed by atoms with Crippen LogP contribution in [-0.4, -0.2) is 25.8 Å². The van der Waals surface area contributed by atoms with E-state index in [2.05, 4.69) is 44.7 Å². The highest BCUT2D eigenvalue weighted by Crippen LogP contribution is 2.25. The van der Waals surface area contributed by atoms with Crippen molar-refractivity contribution in [2.24, 2.45) is 5.92 Å². The third kappa shape index (κ3) is 8.73. The largest absolute Gasteiger partial charge is 0.494 e. The highest BCUT2D eigenvalue weighted by Gasteiger charge is 2.03. The number of unbranched alkanes of at least 4 members (excludes halogenated alkanes) is 3. The van der Waals surface area contributed by atoms with Gasteiger partial charge in [0.05, 0.1) is 19.8 Å². The Morgan fingerprint density at radius 1 is 0.867 bits per heavy atom. The third-order valence-corrected chi connectivity index (χ3v) is 4.99. The molecule has 0 saturated heterocycles. The standard InChI is InChI=1S/C26H34O4/c1-4-21(3)20-30-25-16-12-23(13-17-25)22-10-14-24(15-11-22)28-18-8-6-7-9-19-29-26(27)5-2/h5,10-17,21H,2,4,6-9,18-20H2,1,3H3. The number of rotatable bonds is 14. The van der Waals surface area contributed by atoms with Crippen LogP contribution in [-0.2, 0) is 9.53 Å². The Labute approximate surface area is 180 Å². The van der Waals surface area contributed by atoms with Crippen molar-refractivity contribution in [2.75, 3.05) is 19.8 Å². The topological polar surface area (TPSA) is 44.8 Å². The fraction of sp³-hybridized carbons (Fsp3) is 0.423. The molecule has 0 N–H and O–H groups in total. The molecule has 0 spiro atoms. The Bertz CT molecular complexity index is 750. The zero-order valence-electron chi connectivity index (χ0n) is 18.3. The summed E-state index contributed by atoms with van der Waals surface area (Å²) in [5.74, 6) is 2.01. The van der Waals surface area contributed by atoms with E-state index < -0.39 is 0 Å². The van der Waals surface area contributed by atoms with Gasteiger partial charge in [0, 0.05) is 6.08 Å². The minimum atomic E-state index is -0.354. The van der Waals surface area contributed by atoms with Gasteiger partial charge in [0.1, 0.15) is 11.5 Å². The molecule has 4 heteroatoms. The predicted octanol–water partition coefficient (Wildman–Crippen LogP) is 6.45. The maximum atomic E-state index is 10.9. The molecule has 0 amide bonds. The number of ether oxygens (including phenoxy) is 3. The molecule has 0 aliphatic rings. The molecule has 0 aliphatic heterocycles. The van der Waals surface area contributed by atoms with Crippen molar-refractivity contribution in [3.63, 3.8) is 0 Å². The van der Waals surface area contributed by atoms with E-state index in [0.29, 0.717) is 19.1 Å². The lowest BCUT2D eigenvalue weighted by molar-refractivity contribution is -0.137. The Balaban J connectivity index is 1.67. The van der Waals surface area contributed by atoms with E-state index in [-0.39, 0.29) is 5.97 Å². The predicted molar refractivity (Wildman–Crippen MR) is 122 cm³/mol. The van der Waals surface area contributed by atoms with Gasteiger partial charge in [0.2, 0.25) is 0 Å². The molecule has 2 aromatic carbocycles. The smallest absolute Gasteiger partial charge is 0.330 e. The number of benzene rings is 2. The van der Waals surface area contributed by atoms with Crippen molar-refractivity contribution in [3.05, 3.63) is 61.2 Å². The summed E-state index contributed by atoms with van der Waals surface area (Å²) in [5, 5.41) is 0. The Morgan fingerprint density at radius 2 is 1.40 bits per heavy atom. The summed E-state index contributed by atoms with van der Waals surface area (Å²) in [4.78, 5) is 10.9. The second-order valence-electron chi connectivity index (χ2n) is 7.51. The molecule has 1 unspecified atom stereocenters. The van der Waals surface area contributed by atoms with Gasteiger partial charge in [-0.15, -0.1) is 0 Å². The van der Waals surface area contributed by atoms with E-state index in [1.807, 2.05) is 24.3 Å². The maximum Gasteiger partial charge on any atom is 0.330 e. The minimum Gasteiger partial charge on any atom is -0.494 e. The van der Waals surface area contributed by atoms with Crippen molar-refractivity contribution < 1.29 is 19.0 Å². The maximum absolute atomic E-state index is 10.9. The summed E-state index contributed by atoms with van der Waals surface area (Å²) in [6.07, 6.45) is 6.24. The quantitative estimate of drug-likeness (QED) is 0.204. The van der Waals surface area contributed by atoms with Gasteiger partial charge in [-0.05, 0) is 67.0 Å². The highest BCUT2D eigenvalue weighted by molar-refractivity contribution is 5.81. The van der Waals surface area contributed by atoms with Crippen molar-refractivity contribution in [1.82, 2.24) is 0 Å². The fourth-order valence-corrected chi connectivity index (χ4v) is 2.82. The van der Waals surface area contributed by atoms with E-state index in [1.54, 1.807) is 0 Å². The van der Waals surface area contributed by atoms with Crippen molar-refractivity contribution >= 4 is 5.97 Å². The van der Waals surface area contributed by atoms with Gasteiger partial charge in [-0.3, -0.25) is 0 Å². The molecule has 2 rings (SSSR count). The van der Waals surface area contributed by atoms with Gasteiger partial charge in [-0.1, -0.05) is 51.1 Å². The molecule has 0 heterocycles.